The number of hydrogen-bond donors (Lipinski definition) is 8. The number of carbonyl (C=O) groups is 5. The number of nitrogens with two attached hydrogens (primary N) is 2. The maximum Gasteiger partial charge on any atom is 0.326 e. The van der Waals surface area contributed by atoms with Crippen molar-refractivity contribution in [1.29, 1.82) is 0 Å². The van der Waals surface area contributed by atoms with Crippen molar-refractivity contribution in [3.05, 3.63) is 36.0 Å². The molecule has 10 N–H and O–H groups in total. The maximum atomic E-state index is 13.1. The molecule has 0 aliphatic carbocycles. The molecule has 14 heteroatoms. The maximum absolute atomic E-state index is 13.1. The van der Waals surface area contributed by atoms with Crippen molar-refractivity contribution in [2.24, 2.45) is 11.5 Å². The van der Waals surface area contributed by atoms with Crippen molar-refractivity contribution in [3.8, 4) is 0 Å². The van der Waals surface area contributed by atoms with Crippen LogP contribution in [0.4, 0.5) is 0 Å². The molecule has 2 rings (SSSR count). The van der Waals surface area contributed by atoms with E-state index in [4.69, 9.17) is 11.5 Å². The molecular weight excluding hydrogens is 540 g/mol. The van der Waals surface area contributed by atoms with Crippen LogP contribution in [-0.4, -0.2) is 87.6 Å². The lowest BCUT2D eigenvalue weighted by molar-refractivity contribution is -0.143. The molecule has 220 valence electrons. The number of amides is 3. The number of thioether (sulfide) groups is 1. The quantitative estimate of drug-likeness (QED) is 0.110. The number of carboxylic acid groups (broad SMARTS) is 2. The Labute approximate surface area is 236 Å². The van der Waals surface area contributed by atoms with Crippen LogP contribution in [0, 0.1) is 0 Å². The summed E-state index contributed by atoms with van der Waals surface area (Å²) in [4.78, 5) is 65.0. The zero-order valence-electron chi connectivity index (χ0n) is 22.4. The number of fused-ring (bicyclic) bond motifs is 1. The SMILES string of the molecule is CSCCC(NC(=O)C(N)Cc1c[nH]c2ccccc12)C(=O)NC(CC(=O)O)C(=O)NC(CCCCN)C(=O)O. The average molecular weight is 579 g/mol. The molecule has 0 saturated heterocycles. The number of aromatic amines is 1. The van der Waals surface area contributed by atoms with Gasteiger partial charge in [-0.25, -0.2) is 4.79 Å². The summed E-state index contributed by atoms with van der Waals surface area (Å²) in [6, 6.07) is 2.64. The number of rotatable bonds is 18. The monoisotopic (exact) mass is 578 g/mol. The molecule has 1 heterocycles. The predicted octanol–water partition coefficient (Wildman–Crippen LogP) is -0.0665. The smallest absolute Gasteiger partial charge is 0.326 e. The molecule has 0 saturated carbocycles. The molecule has 4 atom stereocenters. The first kappa shape index (κ1) is 32.6. The second-order valence-electron chi connectivity index (χ2n) is 9.36. The molecule has 0 fully saturated rings. The number of hydrogen-bond acceptors (Lipinski definition) is 8. The fraction of sp³-hybridized carbons (Fsp3) is 0.500. The van der Waals surface area contributed by atoms with E-state index < -0.39 is 60.2 Å². The second-order valence-corrected chi connectivity index (χ2v) is 10.3. The Morgan fingerprint density at radius 2 is 1.57 bits per heavy atom. The van der Waals surface area contributed by atoms with Crippen LogP contribution in [0.3, 0.4) is 0 Å². The van der Waals surface area contributed by atoms with Gasteiger partial charge in [-0.15, -0.1) is 0 Å². The molecule has 2 aromatic rings. The molecule has 1 aromatic heterocycles. The molecule has 3 amide bonds. The van der Waals surface area contributed by atoms with Gasteiger partial charge in [0, 0.05) is 17.1 Å². The summed E-state index contributed by atoms with van der Waals surface area (Å²) in [6.45, 7) is 0.354. The fourth-order valence-corrected chi connectivity index (χ4v) is 4.56. The Kier molecular flexibility index (Phi) is 13.4. The Morgan fingerprint density at radius 3 is 2.23 bits per heavy atom. The first-order chi connectivity index (χ1) is 19.1. The van der Waals surface area contributed by atoms with Crippen LogP contribution < -0.4 is 27.4 Å². The second kappa shape index (κ2) is 16.5. The summed E-state index contributed by atoms with van der Waals surface area (Å²) in [6.07, 6.45) is 4.28. The van der Waals surface area contributed by atoms with Gasteiger partial charge in [0.15, 0.2) is 0 Å². The largest absolute Gasteiger partial charge is 0.481 e. The molecule has 0 spiro atoms. The lowest BCUT2D eigenvalue weighted by atomic mass is 10.0. The van der Waals surface area contributed by atoms with Gasteiger partial charge in [-0.05, 0) is 62.3 Å². The van der Waals surface area contributed by atoms with Gasteiger partial charge in [0.05, 0.1) is 12.5 Å². The molecule has 13 nitrogen and oxygen atoms in total. The van der Waals surface area contributed by atoms with Crippen molar-refractivity contribution < 1.29 is 34.2 Å². The third kappa shape index (κ3) is 10.2. The van der Waals surface area contributed by atoms with Gasteiger partial charge in [-0.2, -0.15) is 11.8 Å². The van der Waals surface area contributed by atoms with E-state index in [9.17, 15) is 34.2 Å². The highest BCUT2D eigenvalue weighted by Crippen LogP contribution is 2.19. The van der Waals surface area contributed by atoms with E-state index in [0.717, 1.165) is 16.5 Å². The van der Waals surface area contributed by atoms with Crippen LogP contribution in [0.5, 0.6) is 0 Å². The highest BCUT2D eigenvalue weighted by atomic mass is 32.2. The minimum atomic E-state index is -1.56. The van der Waals surface area contributed by atoms with Crippen LogP contribution >= 0.6 is 11.8 Å². The van der Waals surface area contributed by atoms with Gasteiger partial charge < -0.3 is 42.6 Å². The van der Waals surface area contributed by atoms with Crippen molar-refractivity contribution in [3.63, 3.8) is 0 Å². The highest BCUT2D eigenvalue weighted by Gasteiger charge is 2.31. The van der Waals surface area contributed by atoms with Gasteiger partial charge in [-0.3, -0.25) is 19.2 Å². The standard InChI is InChI=1S/C26H38N6O7S/c1-40-11-9-19(30-23(35)17(28)12-15-14-29-18-7-3-2-6-16(15)18)24(36)32-21(13-22(33)34)25(37)31-20(26(38)39)8-4-5-10-27/h2-3,6-7,14,17,19-21,29H,4-5,8-13,27-28H2,1H3,(H,30,35)(H,31,37)(H,32,36)(H,33,34)(H,38,39). The van der Waals surface area contributed by atoms with Crippen LogP contribution in [0.2, 0.25) is 0 Å². The van der Waals surface area contributed by atoms with Gasteiger partial charge in [-0.1, -0.05) is 18.2 Å². The van der Waals surface area contributed by atoms with Crippen molar-refractivity contribution in [1.82, 2.24) is 20.9 Å². The summed E-state index contributed by atoms with van der Waals surface area (Å²) in [5.74, 6) is -4.51. The Hall–Kier alpha value is -3.62. The lowest BCUT2D eigenvalue weighted by Crippen LogP contribution is -2.57. The third-order valence-electron chi connectivity index (χ3n) is 6.27. The summed E-state index contributed by atoms with van der Waals surface area (Å²) in [5, 5.41) is 27.0. The van der Waals surface area contributed by atoms with Crippen LogP contribution in [-0.2, 0) is 30.4 Å². The summed E-state index contributed by atoms with van der Waals surface area (Å²) < 4.78 is 0. The average Bonchev–Trinajstić information content (AvgIpc) is 3.32. The molecule has 0 aliphatic heterocycles. The van der Waals surface area contributed by atoms with Gasteiger partial charge in [0.2, 0.25) is 17.7 Å². The van der Waals surface area contributed by atoms with E-state index in [-0.39, 0.29) is 19.3 Å². The van der Waals surface area contributed by atoms with E-state index in [0.29, 0.717) is 25.1 Å². The predicted molar refractivity (Wildman–Crippen MR) is 152 cm³/mol. The minimum Gasteiger partial charge on any atom is -0.481 e. The van der Waals surface area contributed by atoms with E-state index in [1.165, 1.54) is 11.8 Å². The van der Waals surface area contributed by atoms with Crippen LogP contribution in [0.1, 0.15) is 37.7 Å². The minimum absolute atomic E-state index is 0.0900. The number of aromatic nitrogens is 1. The van der Waals surface area contributed by atoms with E-state index in [2.05, 4.69) is 20.9 Å². The van der Waals surface area contributed by atoms with Gasteiger partial charge in [0.1, 0.15) is 18.1 Å². The molecular formula is C26H38N6O7S. The molecule has 0 radical (unpaired) electrons. The third-order valence-corrected chi connectivity index (χ3v) is 6.91. The number of carboxylic acids is 2. The first-order valence-corrected chi connectivity index (χ1v) is 14.3. The zero-order chi connectivity index (χ0) is 29.7. The molecule has 0 bridgehead atoms. The number of nitrogens with one attached hydrogen (secondary N) is 4. The topological polar surface area (TPSA) is 230 Å². The van der Waals surface area contributed by atoms with E-state index in [1.54, 1.807) is 6.20 Å². The Balaban J connectivity index is 2.10. The summed E-state index contributed by atoms with van der Waals surface area (Å²) >= 11 is 1.43. The normalized spacial score (nSPS) is 14.1. The van der Waals surface area contributed by atoms with E-state index >= 15 is 0 Å². The Morgan fingerprint density at radius 1 is 0.925 bits per heavy atom. The molecule has 0 aliphatic rings. The molecule has 1 aromatic carbocycles. The van der Waals surface area contributed by atoms with Crippen molar-refractivity contribution in [2.75, 3.05) is 18.6 Å². The Bertz CT molecular complexity index is 1170. The number of H-pyrrole nitrogens is 1. The lowest BCUT2D eigenvalue weighted by Gasteiger charge is -2.24. The number of aliphatic carboxylic acids is 2. The molecule has 4 unspecified atom stereocenters. The number of benzene rings is 1. The van der Waals surface area contributed by atoms with E-state index in [1.807, 2.05) is 30.5 Å². The molecule has 40 heavy (non-hydrogen) atoms. The first-order valence-electron chi connectivity index (χ1n) is 12.9. The zero-order valence-corrected chi connectivity index (χ0v) is 23.2. The summed E-state index contributed by atoms with van der Waals surface area (Å²) in [7, 11) is 0. The van der Waals surface area contributed by atoms with Gasteiger partial charge in [0.25, 0.3) is 0 Å². The van der Waals surface area contributed by atoms with Crippen molar-refractivity contribution >= 4 is 52.3 Å². The number of unbranched alkanes of at least 4 members (excludes halogenated alkanes) is 1. The summed E-state index contributed by atoms with van der Waals surface area (Å²) in [5.41, 5.74) is 13.3. The highest BCUT2D eigenvalue weighted by molar-refractivity contribution is 7.98. The van der Waals surface area contributed by atoms with Gasteiger partial charge >= 0.3 is 11.9 Å². The fourth-order valence-electron chi connectivity index (χ4n) is 4.09. The number of para-hydroxylation sites is 1. The van der Waals surface area contributed by atoms with Crippen LogP contribution in [0.25, 0.3) is 10.9 Å². The number of carbonyl (C=O) groups excluding carboxylic acids is 3. The van der Waals surface area contributed by atoms with Crippen LogP contribution in [0.15, 0.2) is 30.5 Å². The van der Waals surface area contributed by atoms with Crippen molar-refractivity contribution in [2.45, 2.75) is 62.7 Å².